The Morgan fingerprint density at radius 2 is 2.18 bits per heavy atom. The fourth-order valence-electron chi connectivity index (χ4n) is 1.49. The number of hydrogen-bond donors (Lipinski definition) is 3. The smallest absolute Gasteiger partial charge is 0.230 e. The lowest BCUT2D eigenvalue weighted by atomic mass is 10.2. The molecule has 0 spiro atoms. The third kappa shape index (κ3) is 5.14. The van der Waals surface area contributed by atoms with Gasteiger partial charge < -0.3 is 16.8 Å². The van der Waals surface area contributed by atoms with Crippen molar-refractivity contribution in [3.8, 4) is 0 Å². The number of guanidine groups is 1. The first-order valence-corrected chi connectivity index (χ1v) is 6.99. The van der Waals surface area contributed by atoms with E-state index in [0.717, 1.165) is 6.07 Å². The molecule has 1 heterocycles. The molecule has 0 bridgehead atoms. The monoisotopic (exact) mass is 363 g/mol. The first-order valence-electron chi connectivity index (χ1n) is 5.73. The topological polar surface area (TPSA) is 106 Å². The maximum absolute atomic E-state index is 12.9. The normalized spacial score (nSPS) is 9.73. The van der Waals surface area contributed by atoms with Gasteiger partial charge in [0.05, 0.1) is 22.8 Å². The lowest BCUT2D eigenvalue weighted by molar-refractivity contribution is -0.115. The molecule has 0 saturated carbocycles. The van der Waals surface area contributed by atoms with Crippen LogP contribution in [0.1, 0.15) is 5.69 Å². The van der Waals surface area contributed by atoms with Crippen LogP contribution in [0.25, 0.3) is 0 Å². The molecule has 0 aliphatic rings. The van der Waals surface area contributed by atoms with Gasteiger partial charge in [0.2, 0.25) is 11.0 Å². The van der Waals surface area contributed by atoms with Crippen molar-refractivity contribution in [1.82, 2.24) is 4.98 Å². The molecule has 6 nitrogen and oxygen atoms in total. The van der Waals surface area contributed by atoms with E-state index >= 15 is 0 Å². The number of halogens is 3. The molecule has 5 N–H and O–H groups in total. The lowest BCUT2D eigenvalue weighted by Crippen LogP contribution is -2.21. The molecule has 2 aromatic rings. The third-order valence-electron chi connectivity index (χ3n) is 2.31. The van der Waals surface area contributed by atoms with Crippen LogP contribution in [0.5, 0.6) is 0 Å². The summed E-state index contributed by atoms with van der Waals surface area (Å²) in [6.45, 7) is 0. The average Bonchev–Trinajstić information content (AvgIpc) is 2.79. The summed E-state index contributed by atoms with van der Waals surface area (Å²) in [4.78, 5) is 19.7. The lowest BCUT2D eigenvalue weighted by Gasteiger charge is -2.06. The number of thiazole rings is 1. The molecule has 0 atom stereocenters. The molecule has 1 amide bonds. The Hall–Kier alpha value is -1.90. The molecular weight excluding hydrogens is 352 g/mol. The molecule has 0 aliphatic heterocycles. The highest BCUT2D eigenvalue weighted by molar-refractivity contribution is 7.13. The summed E-state index contributed by atoms with van der Waals surface area (Å²) >= 11 is 7.04. The number of aromatic nitrogens is 1. The molecule has 22 heavy (non-hydrogen) atoms. The minimum Gasteiger partial charge on any atom is -0.370 e. The largest absolute Gasteiger partial charge is 0.370 e. The van der Waals surface area contributed by atoms with Crippen molar-refractivity contribution in [2.45, 2.75) is 6.42 Å². The number of benzene rings is 1. The zero-order chi connectivity index (χ0) is 15.4. The van der Waals surface area contributed by atoms with E-state index < -0.39 is 5.82 Å². The number of nitrogens with one attached hydrogen (secondary N) is 1. The number of hydrogen-bond acceptors (Lipinski definition) is 4. The molecule has 0 unspecified atom stereocenters. The second-order valence-electron chi connectivity index (χ2n) is 4.01. The minimum absolute atomic E-state index is 0. The number of amides is 1. The van der Waals surface area contributed by atoms with Gasteiger partial charge in [-0.1, -0.05) is 11.6 Å². The van der Waals surface area contributed by atoms with Crippen LogP contribution >= 0.6 is 35.3 Å². The molecule has 10 heteroatoms. The first-order chi connectivity index (χ1) is 9.94. The van der Waals surface area contributed by atoms with Crippen LogP contribution in [0.15, 0.2) is 28.6 Å². The summed E-state index contributed by atoms with van der Waals surface area (Å²) in [7, 11) is 0. The molecule has 2 rings (SSSR count). The molecule has 0 aliphatic carbocycles. The van der Waals surface area contributed by atoms with E-state index in [2.05, 4.69) is 15.3 Å². The van der Waals surface area contributed by atoms with Crippen LogP contribution in [0, 0.1) is 5.82 Å². The van der Waals surface area contributed by atoms with Crippen LogP contribution in [0.2, 0.25) is 5.02 Å². The van der Waals surface area contributed by atoms with E-state index in [1.807, 2.05) is 0 Å². The predicted molar refractivity (Wildman–Crippen MR) is 88.6 cm³/mol. The second-order valence-corrected chi connectivity index (χ2v) is 5.25. The van der Waals surface area contributed by atoms with Crippen molar-refractivity contribution >= 4 is 58.0 Å². The number of nitrogens with zero attached hydrogens (tertiary/aromatic N) is 2. The van der Waals surface area contributed by atoms with E-state index in [-0.39, 0.29) is 35.7 Å². The van der Waals surface area contributed by atoms with Crippen molar-refractivity contribution in [1.29, 1.82) is 0 Å². The van der Waals surface area contributed by atoms with E-state index in [1.165, 1.54) is 23.5 Å². The molecular formula is C12H12Cl2FN5OS. The Morgan fingerprint density at radius 1 is 1.45 bits per heavy atom. The van der Waals surface area contributed by atoms with E-state index in [0.29, 0.717) is 16.5 Å². The second kappa shape index (κ2) is 7.92. The SMILES string of the molecule is Cl.NC(N)=Nc1nc(CC(=O)Nc2ccc(F)cc2Cl)cs1. The summed E-state index contributed by atoms with van der Waals surface area (Å²) in [5.74, 6) is -0.900. The highest BCUT2D eigenvalue weighted by atomic mass is 35.5. The summed E-state index contributed by atoms with van der Waals surface area (Å²) in [5.41, 5.74) is 11.3. The van der Waals surface area contributed by atoms with Crippen molar-refractivity contribution < 1.29 is 9.18 Å². The van der Waals surface area contributed by atoms with Gasteiger partial charge in [-0.3, -0.25) is 4.79 Å². The van der Waals surface area contributed by atoms with E-state index in [9.17, 15) is 9.18 Å². The van der Waals surface area contributed by atoms with Gasteiger partial charge in [0, 0.05) is 5.38 Å². The van der Waals surface area contributed by atoms with Gasteiger partial charge in [0.15, 0.2) is 5.96 Å². The van der Waals surface area contributed by atoms with Crippen molar-refractivity contribution in [2.75, 3.05) is 5.32 Å². The van der Waals surface area contributed by atoms with Crippen LogP contribution in [-0.2, 0) is 11.2 Å². The van der Waals surface area contributed by atoms with Crippen molar-refractivity contribution in [3.63, 3.8) is 0 Å². The fourth-order valence-corrected chi connectivity index (χ4v) is 2.41. The highest BCUT2D eigenvalue weighted by Gasteiger charge is 2.10. The van der Waals surface area contributed by atoms with Crippen molar-refractivity contribution in [2.24, 2.45) is 16.5 Å². The summed E-state index contributed by atoms with van der Waals surface area (Å²) in [6, 6.07) is 3.72. The number of aliphatic imine (C=N–C) groups is 1. The minimum atomic E-state index is -0.473. The number of carbonyl (C=O) groups excluding carboxylic acids is 1. The van der Waals surface area contributed by atoms with Gasteiger partial charge in [-0.15, -0.1) is 23.7 Å². The van der Waals surface area contributed by atoms with Gasteiger partial charge in [-0.05, 0) is 18.2 Å². The molecule has 118 valence electrons. The Balaban J connectivity index is 0.00000242. The highest BCUT2D eigenvalue weighted by Crippen LogP contribution is 2.23. The van der Waals surface area contributed by atoms with E-state index in [4.69, 9.17) is 23.1 Å². The number of nitrogens with two attached hydrogens (primary N) is 2. The molecule has 1 aromatic carbocycles. The zero-order valence-corrected chi connectivity index (χ0v) is 13.4. The average molecular weight is 364 g/mol. The predicted octanol–water partition coefficient (Wildman–Crippen LogP) is 2.44. The summed E-state index contributed by atoms with van der Waals surface area (Å²) < 4.78 is 12.9. The maximum Gasteiger partial charge on any atom is 0.230 e. The summed E-state index contributed by atoms with van der Waals surface area (Å²) in [5, 5.41) is 4.75. The zero-order valence-electron chi connectivity index (χ0n) is 11.0. The quantitative estimate of drug-likeness (QED) is 0.572. The molecule has 1 aromatic heterocycles. The van der Waals surface area contributed by atoms with Crippen LogP contribution in [-0.4, -0.2) is 16.9 Å². The maximum atomic E-state index is 12.9. The van der Waals surface area contributed by atoms with Gasteiger partial charge in [-0.25, -0.2) is 9.37 Å². The Bertz CT molecular complexity index is 703. The molecule has 0 fully saturated rings. The van der Waals surface area contributed by atoms with Gasteiger partial charge in [0.1, 0.15) is 5.82 Å². The Labute approximate surface area is 140 Å². The van der Waals surface area contributed by atoms with Crippen LogP contribution in [0.4, 0.5) is 15.2 Å². The van der Waals surface area contributed by atoms with Crippen LogP contribution in [0.3, 0.4) is 0 Å². The third-order valence-corrected chi connectivity index (χ3v) is 3.41. The van der Waals surface area contributed by atoms with Gasteiger partial charge in [-0.2, -0.15) is 4.99 Å². The first kappa shape index (κ1) is 18.1. The number of anilines is 1. The number of rotatable bonds is 4. The number of carbonyl (C=O) groups is 1. The van der Waals surface area contributed by atoms with Crippen molar-refractivity contribution in [3.05, 3.63) is 40.1 Å². The van der Waals surface area contributed by atoms with Gasteiger partial charge >= 0.3 is 0 Å². The Kier molecular flexibility index (Phi) is 6.54. The molecule has 0 radical (unpaired) electrons. The standard InChI is InChI=1S/C12H11ClFN5OS.ClH/c13-8-3-6(14)1-2-9(8)18-10(20)4-7-5-21-12(17-7)19-11(15)16;/h1-3,5H,4H2,(H,18,20)(H4,15,16,17,19);1H. The molecule has 0 saturated heterocycles. The fraction of sp³-hybridized carbons (Fsp3) is 0.0833. The van der Waals surface area contributed by atoms with E-state index in [1.54, 1.807) is 5.38 Å². The van der Waals surface area contributed by atoms with Crippen LogP contribution < -0.4 is 16.8 Å². The Morgan fingerprint density at radius 3 is 2.82 bits per heavy atom. The van der Waals surface area contributed by atoms with Gasteiger partial charge in [0.25, 0.3) is 0 Å². The summed E-state index contributed by atoms with van der Waals surface area (Å²) in [6.07, 6.45) is 0.0319.